The van der Waals surface area contributed by atoms with Crippen LogP contribution in [-0.2, 0) is 11.3 Å². The van der Waals surface area contributed by atoms with E-state index in [1.54, 1.807) is 4.90 Å². The van der Waals surface area contributed by atoms with E-state index < -0.39 is 17.2 Å². The van der Waals surface area contributed by atoms with E-state index in [2.05, 4.69) is 0 Å². The van der Waals surface area contributed by atoms with Crippen LogP contribution >= 0.6 is 0 Å². The van der Waals surface area contributed by atoms with Gasteiger partial charge in [0.2, 0.25) is 0 Å². The van der Waals surface area contributed by atoms with Crippen LogP contribution in [-0.4, -0.2) is 25.3 Å². The molecule has 0 spiro atoms. The van der Waals surface area contributed by atoms with Gasteiger partial charge in [-0.2, -0.15) is 0 Å². The molecule has 100 valence electrons. The summed E-state index contributed by atoms with van der Waals surface area (Å²) in [5.74, 6) is -1.13. The summed E-state index contributed by atoms with van der Waals surface area (Å²) < 4.78 is 33.5. The van der Waals surface area contributed by atoms with E-state index in [0.29, 0.717) is 25.3 Å². The van der Waals surface area contributed by atoms with E-state index in [4.69, 9.17) is 10.5 Å². The van der Waals surface area contributed by atoms with E-state index in [-0.39, 0.29) is 12.2 Å². The number of nitrogens with zero attached hydrogens (tertiary/aromatic N) is 1. The predicted octanol–water partition coefficient (Wildman–Crippen LogP) is 2.04. The molecule has 1 aliphatic heterocycles. The minimum absolute atomic E-state index is 0.0144. The number of hydrogen-bond donors (Lipinski definition) is 1. The summed E-state index contributed by atoms with van der Waals surface area (Å²) in [6.07, 6.45) is 0. The Hall–Kier alpha value is -1.20. The molecule has 0 aliphatic carbocycles. The van der Waals surface area contributed by atoms with Crippen molar-refractivity contribution < 1.29 is 13.5 Å². The first-order valence-electron chi connectivity index (χ1n) is 5.99. The maximum Gasteiger partial charge on any atom is 0.149 e. The van der Waals surface area contributed by atoms with E-state index in [0.717, 1.165) is 0 Å². The predicted molar refractivity (Wildman–Crippen MR) is 66.5 cm³/mol. The fourth-order valence-corrected chi connectivity index (χ4v) is 2.27. The fraction of sp³-hybridized carbons (Fsp3) is 0.538. The number of benzene rings is 1. The first-order valence-corrected chi connectivity index (χ1v) is 5.99. The maximum atomic E-state index is 14.0. The van der Waals surface area contributed by atoms with Crippen molar-refractivity contribution in [3.63, 3.8) is 0 Å². The molecule has 0 bridgehead atoms. The van der Waals surface area contributed by atoms with Crippen molar-refractivity contribution in [3.05, 3.63) is 29.3 Å². The van der Waals surface area contributed by atoms with Gasteiger partial charge in [0.05, 0.1) is 18.8 Å². The van der Waals surface area contributed by atoms with Gasteiger partial charge in [0.1, 0.15) is 17.3 Å². The average Bonchev–Trinajstić information content (AvgIpc) is 2.29. The van der Waals surface area contributed by atoms with Gasteiger partial charge in [0, 0.05) is 13.1 Å². The van der Waals surface area contributed by atoms with Crippen LogP contribution in [0.2, 0.25) is 0 Å². The van der Waals surface area contributed by atoms with Gasteiger partial charge < -0.3 is 15.4 Å². The molecule has 0 unspecified atom stereocenters. The molecule has 1 fully saturated rings. The minimum atomic E-state index is -0.564. The van der Waals surface area contributed by atoms with Crippen LogP contribution < -0.4 is 10.6 Å². The van der Waals surface area contributed by atoms with Crippen molar-refractivity contribution in [1.29, 1.82) is 0 Å². The topological polar surface area (TPSA) is 38.5 Å². The van der Waals surface area contributed by atoms with E-state index in [1.165, 1.54) is 12.1 Å². The SMILES string of the molecule is CC1(C)COCCN1c1c(F)cc(CN)cc1F. The number of halogens is 2. The third-order valence-corrected chi connectivity index (χ3v) is 3.23. The first kappa shape index (κ1) is 13.2. The normalized spacial score (nSPS) is 19.1. The summed E-state index contributed by atoms with van der Waals surface area (Å²) in [6, 6.07) is 2.59. The summed E-state index contributed by atoms with van der Waals surface area (Å²) >= 11 is 0. The van der Waals surface area contributed by atoms with Gasteiger partial charge in [-0.05, 0) is 31.5 Å². The molecule has 3 nitrogen and oxygen atoms in total. The number of morpholine rings is 1. The summed E-state index contributed by atoms with van der Waals surface area (Å²) in [7, 11) is 0. The van der Waals surface area contributed by atoms with Gasteiger partial charge in [-0.25, -0.2) is 8.78 Å². The Kier molecular flexibility index (Phi) is 3.54. The zero-order valence-electron chi connectivity index (χ0n) is 10.7. The molecule has 0 radical (unpaired) electrons. The number of anilines is 1. The molecule has 2 rings (SSSR count). The fourth-order valence-electron chi connectivity index (χ4n) is 2.27. The van der Waals surface area contributed by atoms with Crippen LogP contribution in [0.4, 0.5) is 14.5 Å². The molecule has 0 atom stereocenters. The monoisotopic (exact) mass is 256 g/mol. The highest BCUT2D eigenvalue weighted by Gasteiger charge is 2.34. The molecule has 1 aliphatic rings. The molecule has 1 heterocycles. The van der Waals surface area contributed by atoms with Crippen molar-refractivity contribution in [1.82, 2.24) is 0 Å². The lowest BCUT2D eigenvalue weighted by molar-refractivity contribution is 0.0635. The first-order chi connectivity index (χ1) is 8.45. The van der Waals surface area contributed by atoms with Gasteiger partial charge in [0.25, 0.3) is 0 Å². The van der Waals surface area contributed by atoms with Crippen LogP contribution in [0.15, 0.2) is 12.1 Å². The van der Waals surface area contributed by atoms with E-state index in [9.17, 15) is 8.78 Å². The van der Waals surface area contributed by atoms with Gasteiger partial charge in [0.15, 0.2) is 0 Å². The van der Waals surface area contributed by atoms with Crippen LogP contribution in [0.3, 0.4) is 0 Å². The lowest BCUT2D eigenvalue weighted by Gasteiger charge is -2.44. The van der Waals surface area contributed by atoms with Crippen molar-refractivity contribution in [2.24, 2.45) is 5.73 Å². The van der Waals surface area contributed by atoms with Crippen LogP contribution in [0, 0.1) is 11.6 Å². The molecule has 1 aromatic carbocycles. The van der Waals surface area contributed by atoms with E-state index >= 15 is 0 Å². The molecule has 0 saturated carbocycles. The van der Waals surface area contributed by atoms with E-state index in [1.807, 2.05) is 13.8 Å². The summed E-state index contributed by atoms with van der Waals surface area (Å²) in [6.45, 7) is 5.33. The van der Waals surface area contributed by atoms with Crippen molar-refractivity contribution in [2.45, 2.75) is 25.9 Å². The van der Waals surface area contributed by atoms with Crippen molar-refractivity contribution in [2.75, 3.05) is 24.7 Å². The second-order valence-electron chi connectivity index (χ2n) is 5.13. The van der Waals surface area contributed by atoms with Crippen molar-refractivity contribution in [3.8, 4) is 0 Å². The Balaban J connectivity index is 2.44. The Labute approximate surface area is 106 Å². The second-order valence-corrected chi connectivity index (χ2v) is 5.13. The molecular weight excluding hydrogens is 238 g/mol. The Morgan fingerprint density at radius 2 is 1.94 bits per heavy atom. The molecule has 18 heavy (non-hydrogen) atoms. The largest absolute Gasteiger partial charge is 0.377 e. The molecule has 2 N–H and O–H groups in total. The number of rotatable bonds is 2. The highest BCUT2D eigenvalue weighted by atomic mass is 19.1. The second kappa shape index (κ2) is 4.82. The van der Waals surface area contributed by atoms with Crippen molar-refractivity contribution >= 4 is 5.69 Å². The van der Waals surface area contributed by atoms with Gasteiger partial charge >= 0.3 is 0 Å². The van der Waals surface area contributed by atoms with Crippen LogP contribution in [0.25, 0.3) is 0 Å². The molecule has 1 saturated heterocycles. The quantitative estimate of drug-likeness (QED) is 0.880. The lowest BCUT2D eigenvalue weighted by atomic mass is 10.0. The van der Waals surface area contributed by atoms with Gasteiger partial charge in [-0.1, -0.05) is 0 Å². The maximum absolute atomic E-state index is 14.0. The molecule has 0 aromatic heterocycles. The van der Waals surface area contributed by atoms with Gasteiger partial charge in [-0.3, -0.25) is 0 Å². The standard InChI is InChI=1S/C13H18F2N2O/c1-13(2)8-18-4-3-17(13)12-10(14)5-9(7-16)6-11(12)15/h5-6H,3-4,7-8,16H2,1-2H3. The Morgan fingerprint density at radius 1 is 1.33 bits per heavy atom. The highest BCUT2D eigenvalue weighted by molar-refractivity contribution is 5.53. The zero-order valence-corrected chi connectivity index (χ0v) is 10.7. The summed E-state index contributed by atoms with van der Waals surface area (Å²) in [5, 5.41) is 0. The van der Waals surface area contributed by atoms with Gasteiger partial charge in [-0.15, -0.1) is 0 Å². The minimum Gasteiger partial charge on any atom is -0.377 e. The molecule has 1 aromatic rings. The molecular formula is C13H18F2N2O. The smallest absolute Gasteiger partial charge is 0.149 e. The average molecular weight is 256 g/mol. The summed E-state index contributed by atoms with van der Waals surface area (Å²) in [5.41, 5.74) is 5.45. The van der Waals surface area contributed by atoms with Crippen LogP contribution in [0.5, 0.6) is 0 Å². The lowest BCUT2D eigenvalue weighted by Crippen LogP contribution is -2.53. The van der Waals surface area contributed by atoms with Crippen LogP contribution in [0.1, 0.15) is 19.4 Å². The molecule has 0 amide bonds. The third kappa shape index (κ3) is 2.33. The summed E-state index contributed by atoms with van der Waals surface area (Å²) in [4.78, 5) is 1.72. The molecule has 5 heteroatoms. The number of ether oxygens (including phenoxy) is 1. The highest BCUT2D eigenvalue weighted by Crippen LogP contribution is 2.32. The zero-order chi connectivity index (χ0) is 13.3. The Bertz CT molecular complexity index is 426. The Morgan fingerprint density at radius 3 is 2.44 bits per heavy atom. The number of nitrogens with two attached hydrogens (primary N) is 1. The number of hydrogen-bond acceptors (Lipinski definition) is 3. The third-order valence-electron chi connectivity index (χ3n) is 3.23.